The van der Waals surface area contributed by atoms with Crippen LogP contribution in [0.3, 0.4) is 0 Å². The highest BCUT2D eigenvalue weighted by Crippen LogP contribution is 2.75. The van der Waals surface area contributed by atoms with Gasteiger partial charge in [0.15, 0.2) is 0 Å². The van der Waals surface area contributed by atoms with E-state index in [0.29, 0.717) is 44.3 Å². The van der Waals surface area contributed by atoms with Crippen molar-refractivity contribution in [1.29, 1.82) is 0 Å². The van der Waals surface area contributed by atoms with E-state index in [1.165, 1.54) is 12.1 Å². The third-order valence-corrected chi connectivity index (χ3v) is 7.38. The highest BCUT2D eigenvalue weighted by atomic mass is 19.1. The van der Waals surface area contributed by atoms with Gasteiger partial charge in [0.2, 0.25) is 11.8 Å². The summed E-state index contributed by atoms with van der Waals surface area (Å²) >= 11 is 0. The number of benzene rings is 1. The molecule has 2 amide bonds. The molecule has 1 N–H and O–H groups in total. The zero-order chi connectivity index (χ0) is 19.5. The summed E-state index contributed by atoms with van der Waals surface area (Å²) in [4.78, 5) is 27.1. The fourth-order valence-electron chi connectivity index (χ4n) is 4.75. The summed E-state index contributed by atoms with van der Waals surface area (Å²) in [6.07, 6.45) is 4.55. The van der Waals surface area contributed by atoms with Crippen LogP contribution in [0.4, 0.5) is 4.39 Å². The summed E-state index contributed by atoms with van der Waals surface area (Å²) < 4.78 is 19.0. The van der Waals surface area contributed by atoms with Crippen molar-refractivity contribution in [3.05, 3.63) is 29.6 Å². The number of ether oxygens (including phenoxy) is 1. The molecule has 28 heavy (non-hydrogen) atoms. The fourth-order valence-corrected chi connectivity index (χ4v) is 4.75. The maximum Gasteiger partial charge on any atom is 0.229 e. The third kappa shape index (κ3) is 3.07. The van der Waals surface area contributed by atoms with Crippen LogP contribution in [0.5, 0.6) is 5.75 Å². The van der Waals surface area contributed by atoms with E-state index < -0.39 is 0 Å². The van der Waals surface area contributed by atoms with Gasteiger partial charge in [0.05, 0.1) is 11.3 Å². The molecule has 1 unspecified atom stereocenters. The van der Waals surface area contributed by atoms with Crippen molar-refractivity contribution in [2.75, 3.05) is 26.2 Å². The Morgan fingerprint density at radius 3 is 2.68 bits per heavy atom. The van der Waals surface area contributed by atoms with Gasteiger partial charge in [-0.1, -0.05) is 13.0 Å². The lowest BCUT2D eigenvalue weighted by Crippen LogP contribution is -2.49. The molecule has 4 aliphatic rings. The molecule has 2 heterocycles. The van der Waals surface area contributed by atoms with Crippen LogP contribution in [0.1, 0.15) is 38.2 Å². The van der Waals surface area contributed by atoms with Gasteiger partial charge in [0.1, 0.15) is 18.2 Å². The SMILES string of the molecule is CC1(CNC(=O)C23CC2C3)CCN(C(=O)C2COc3cc(F)ccc3C2)CC1. The Bertz CT molecular complexity index is 825. The largest absolute Gasteiger partial charge is 0.492 e. The Hall–Kier alpha value is -2.11. The van der Waals surface area contributed by atoms with Gasteiger partial charge in [0.25, 0.3) is 0 Å². The Kier molecular flexibility index (Phi) is 3.97. The molecule has 150 valence electrons. The van der Waals surface area contributed by atoms with Crippen LogP contribution in [0.15, 0.2) is 18.2 Å². The number of likely N-dealkylation sites (tertiary alicyclic amines) is 1. The minimum Gasteiger partial charge on any atom is -0.492 e. The normalized spacial score (nSPS) is 31.9. The quantitative estimate of drug-likeness (QED) is 0.865. The second-order valence-electron chi connectivity index (χ2n) is 9.54. The predicted molar refractivity (Wildman–Crippen MR) is 101 cm³/mol. The molecular formula is C22H27FN2O3. The van der Waals surface area contributed by atoms with E-state index in [9.17, 15) is 14.0 Å². The molecule has 1 aromatic carbocycles. The van der Waals surface area contributed by atoms with Crippen LogP contribution in [-0.2, 0) is 16.0 Å². The van der Waals surface area contributed by atoms with Crippen LogP contribution in [0.2, 0.25) is 0 Å². The van der Waals surface area contributed by atoms with Crippen LogP contribution >= 0.6 is 0 Å². The van der Waals surface area contributed by atoms with Crippen molar-refractivity contribution in [3.8, 4) is 5.75 Å². The average Bonchev–Trinajstić information content (AvgIpc) is 3.57. The highest BCUT2D eigenvalue weighted by molar-refractivity contribution is 5.90. The van der Waals surface area contributed by atoms with Crippen LogP contribution in [0, 0.1) is 28.5 Å². The number of amides is 2. The van der Waals surface area contributed by atoms with E-state index in [2.05, 4.69) is 12.2 Å². The maximum atomic E-state index is 13.3. The van der Waals surface area contributed by atoms with Gasteiger partial charge < -0.3 is 15.0 Å². The van der Waals surface area contributed by atoms with E-state index in [1.807, 2.05) is 4.90 Å². The van der Waals surface area contributed by atoms with Crippen molar-refractivity contribution >= 4 is 11.8 Å². The van der Waals surface area contributed by atoms with E-state index in [4.69, 9.17) is 4.74 Å². The van der Waals surface area contributed by atoms with Gasteiger partial charge in [-0.2, -0.15) is 0 Å². The monoisotopic (exact) mass is 386 g/mol. The first-order valence-corrected chi connectivity index (χ1v) is 10.4. The molecule has 0 spiro atoms. The number of fused-ring (bicyclic) bond motifs is 2. The molecule has 5 nitrogen and oxygen atoms in total. The highest BCUT2D eigenvalue weighted by Gasteiger charge is 2.74. The number of piperidine rings is 1. The molecule has 1 atom stereocenters. The van der Waals surface area contributed by atoms with Crippen LogP contribution in [0.25, 0.3) is 0 Å². The summed E-state index contributed by atoms with van der Waals surface area (Å²) in [6, 6.07) is 4.52. The Balaban J connectivity index is 1.13. The number of nitrogens with one attached hydrogen (secondary N) is 1. The molecule has 0 radical (unpaired) electrons. The molecule has 1 saturated heterocycles. The van der Waals surface area contributed by atoms with Gasteiger partial charge in [-0.3, -0.25) is 9.59 Å². The molecular weight excluding hydrogens is 359 g/mol. The minimum absolute atomic E-state index is 0.0210. The second kappa shape index (κ2) is 6.19. The summed E-state index contributed by atoms with van der Waals surface area (Å²) in [5.74, 6) is 1.07. The second-order valence-corrected chi connectivity index (χ2v) is 9.54. The lowest BCUT2D eigenvalue weighted by molar-refractivity contribution is -0.139. The molecule has 3 fully saturated rings. The smallest absolute Gasteiger partial charge is 0.229 e. The van der Waals surface area contributed by atoms with Gasteiger partial charge in [-0.05, 0) is 55.1 Å². The summed E-state index contributed by atoms with van der Waals surface area (Å²) in [5, 5.41) is 3.17. The van der Waals surface area contributed by atoms with Crippen molar-refractivity contribution in [2.24, 2.45) is 22.7 Å². The number of rotatable bonds is 4. The maximum absolute atomic E-state index is 13.3. The first-order valence-electron chi connectivity index (χ1n) is 10.4. The Morgan fingerprint density at radius 1 is 1.29 bits per heavy atom. The Morgan fingerprint density at radius 2 is 2.00 bits per heavy atom. The standard InChI is InChI=1S/C22H27FN2O3/c1-21(13-24-20(27)22-10-16(22)11-22)4-6-25(7-5-21)19(26)15-8-14-2-3-17(23)9-18(14)28-12-15/h2-3,9,15-16H,4-8,10-13H2,1H3,(H,24,27). The first-order chi connectivity index (χ1) is 13.4. The topological polar surface area (TPSA) is 58.6 Å². The molecule has 1 aromatic rings. The number of halogens is 1. The molecule has 2 saturated carbocycles. The number of hydrogen-bond donors (Lipinski definition) is 1. The predicted octanol–water partition coefficient (Wildman–Crippen LogP) is 2.53. The van der Waals surface area contributed by atoms with Crippen molar-refractivity contribution in [2.45, 2.75) is 39.0 Å². The van der Waals surface area contributed by atoms with Crippen LogP contribution < -0.4 is 10.1 Å². The van der Waals surface area contributed by atoms with Gasteiger partial charge in [-0.25, -0.2) is 4.39 Å². The molecule has 5 rings (SSSR count). The van der Waals surface area contributed by atoms with E-state index in [-0.39, 0.29) is 34.4 Å². The van der Waals surface area contributed by atoms with E-state index in [1.54, 1.807) is 6.07 Å². The zero-order valence-electron chi connectivity index (χ0n) is 16.3. The lowest BCUT2D eigenvalue weighted by Gasteiger charge is -2.41. The van der Waals surface area contributed by atoms with Gasteiger partial charge >= 0.3 is 0 Å². The minimum atomic E-state index is -0.315. The number of carbonyl (C=O) groups is 2. The molecule has 6 heteroatoms. The summed E-state index contributed by atoms with van der Waals surface area (Å²) in [6.45, 7) is 4.65. The number of carbonyl (C=O) groups excluding carboxylic acids is 2. The zero-order valence-corrected chi connectivity index (χ0v) is 16.3. The fraction of sp³-hybridized carbons (Fsp3) is 0.636. The summed E-state index contributed by atoms with van der Waals surface area (Å²) in [7, 11) is 0. The van der Waals surface area contributed by atoms with Crippen molar-refractivity contribution < 1.29 is 18.7 Å². The van der Waals surface area contributed by atoms with Crippen molar-refractivity contribution in [3.63, 3.8) is 0 Å². The number of nitrogens with zero attached hydrogens (tertiary/aromatic N) is 1. The van der Waals surface area contributed by atoms with Crippen LogP contribution in [-0.4, -0.2) is 43.0 Å². The summed E-state index contributed by atoms with van der Waals surface area (Å²) in [5.41, 5.74) is 0.969. The average molecular weight is 386 g/mol. The number of hydrogen-bond acceptors (Lipinski definition) is 3. The third-order valence-electron chi connectivity index (χ3n) is 7.38. The Labute approximate surface area is 164 Å². The lowest BCUT2D eigenvalue weighted by atomic mass is 9.79. The van der Waals surface area contributed by atoms with Crippen molar-refractivity contribution in [1.82, 2.24) is 10.2 Å². The molecule has 2 aliphatic heterocycles. The molecule has 0 bridgehead atoms. The first kappa shape index (κ1) is 18.0. The molecule has 2 aliphatic carbocycles. The van der Waals surface area contributed by atoms with Gasteiger partial charge in [0, 0.05) is 25.7 Å². The molecule has 0 aromatic heterocycles. The van der Waals surface area contributed by atoms with Gasteiger partial charge in [-0.15, -0.1) is 0 Å². The van der Waals surface area contributed by atoms with E-state index >= 15 is 0 Å². The van der Waals surface area contributed by atoms with E-state index in [0.717, 1.165) is 31.2 Å².